The number of carbonyl (C=O) groups is 1. The van der Waals surface area contributed by atoms with Crippen LogP contribution in [0.3, 0.4) is 0 Å². The first kappa shape index (κ1) is 27.3. The number of alkyl halides is 3. The van der Waals surface area contributed by atoms with E-state index in [2.05, 4.69) is 12.0 Å². The molecule has 202 valence electrons. The van der Waals surface area contributed by atoms with E-state index in [1.165, 1.54) is 11.1 Å². The van der Waals surface area contributed by atoms with E-state index in [-0.39, 0.29) is 18.0 Å². The standard InChI is InChI=1S/C28H31F3N4O3/c1-5-6-24(32)34(4)33-16-22-14-21-13-20(15-23(25(21)38-22)28(29,30)31)18-7-9-19(10-8-18)26(36)35-11-12-37-27(2,3)17-35/h5-10,13-15,33H,1,11-12,16-17,32H2,2-4H3/b24-6-. The number of nitrogens with one attached hydrogen (secondary N) is 1. The number of fused-ring (bicyclic) bond motifs is 1. The van der Waals surface area contributed by atoms with Crippen molar-refractivity contribution >= 4 is 16.9 Å². The number of hydrazine groups is 1. The van der Waals surface area contributed by atoms with Gasteiger partial charge in [0.25, 0.3) is 5.91 Å². The number of halogens is 3. The highest BCUT2D eigenvalue weighted by molar-refractivity contribution is 5.95. The van der Waals surface area contributed by atoms with E-state index in [9.17, 15) is 18.0 Å². The SMILES string of the molecule is C=C/C=C(/N)N(C)NCc1cc2cc(-c3ccc(C(=O)N4CCOC(C)(C)C4)cc3)cc(C(F)(F)F)c2o1. The Kier molecular flexibility index (Phi) is 7.57. The first-order valence-electron chi connectivity index (χ1n) is 12.1. The van der Waals surface area contributed by atoms with Gasteiger partial charge in [-0.3, -0.25) is 9.80 Å². The number of allylic oxidation sites excluding steroid dienone is 2. The summed E-state index contributed by atoms with van der Waals surface area (Å²) in [4.78, 5) is 14.7. The summed E-state index contributed by atoms with van der Waals surface area (Å²) in [6, 6.07) is 10.9. The lowest BCUT2D eigenvalue weighted by Gasteiger charge is -2.38. The molecule has 2 heterocycles. The first-order valence-corrected chi connectivity index (χ1v) is 12.1. The van der Waals surface area contributed by atoms with Crippen LogP contribution in [-0.2, 0) is 17.5 Å². The lowest BCUT2D eigenvalue weighted by Crippen LogP contribution is -2.50. The van der Waals surface area contributed by atoms with Crippen LogP contribution in [0.15, 0.2) is 71.4 Å². The van der Waals surface area contributed by atoms with Crippen molar-refractivity contribution in [2.45, 2.75) is 32.2 Å². The molecule has 1 saturated heterocycles. The fourth-order valence-corrected chi connectivity index (χ4v) is 4.37. The van der Waals surface area contributed by atoms with Gasteiger partial charge in [-0.05, 0) is 61.4 Å². The summed E-state index contributed by atoms with van der Waals surface area (Å²) in [6.07, 6.45) is -1.51. The van der Waals surface area contributed by atoms with Gasteiger partial charge in [0, 0.05) is 31.1 Å². The van der Waals surface area contributed by atoms with Gasteiger partial charge < -0.3 is 19.8 Å². The molecule has 4 rings (SSSR count). The van der Waals surface area contributed by atoms with E-state index < -0.39 is 17.3 Å². The van der Waals surface area contributed by atoms with E-state index in [4.69, 9.17) is 14.9 Å². The zero-order chi connectivity index (χ0) is 27.7. The van der Waals surface area contributed by atoms with Gasteiger partial charge in [0.15, 0.2) is 0 Å². The number of hydrogen-bond donors (Lipinski definition) is 2. The minimum absolute atomic E-state index is 0.124. The highest BCUT2D eigenvalue weighted by atomic mass is 19.4. The molecule has 0 spiro atoms. The van der Waals surface area contributed by atoms with Gasteiger partial charge >= 0.3 is 6.18 Å². The lowest BCUT2D eigenvalue weighted by atomic mass is 9.99. The minimum Gasteiger partial charge on any atom is -0.459 e. The van der Waals surface area contributed by atoms with Crippen molar-refractivity contribution in [2.75, 3.05) is 26.7 Å². The van der Waals surface area contributed by atoms with Crippen LogP contribution in [0.2, 0.25) is 0 Å². The number of nitrogens with zero attached hydrogens (tertiary/aromatic N) is 2. The monoisotopic (exact) mass is 528 g/mol. The van der Waals surface area contributed by atoms with Crippen molar-refractivity contribution in [3.05, 3.63) is 83.9 Å². The molecule has 0 bridgehead atoms. The molecule has 0 atom stereocenters. The van der Waals surface area contributed by atoms with Gasteiger partial charge in [-0.1, -0.05) is 24.8 Å². The average Bonchev–Trinajstić information content (AvgIpc) is 3.28. The van der Waals surface area contributed by atoms with Crippen molar-refractivity contribution < 1.29 is 27.1 Å². The van der Waals surface area contributed by atoms with Crippen LogP contribution in [0, 0.1) is 0 Å². The Morgan fingerprint density at radius 2 is 1.92 bits per heavy atom. The second kappa shape index (κ2) is 10.5. The fraction of sp³-hybridized carbons (Fsp3) is 0.321. The molecule has 0 saturated carbocycles. The smallest absolute Gasteiger partial charge is 0.420 e. The van der Waals surface area contributed by atoms with E-state index in [1.807, 2.05) is 13.8 Å². The van der Waals surface area contributed by atoms with Crippen molar-refractivity contribution in [3.63, 3.8) is 0 Å². The maximum absolute atomic E-state index is 14.0. The summed E-state index contributed by atoms with van der Waals surface area (Å²) in [5.74, 6) is 0.559. The summed E-state index contributed by atoms with van der Waals surface area (Å²) < 4.78 is 53.2. The summed E-state index contributed by atoms with van der Waals surface area (Å²) in [5, 5.41) is 1.84. The van der Waals surface area contributed by atoms with E-state index in [0.29, 0.717) is 53.4 Å². The molecule has 0 aliphatic carbocycles. The Balaban J connectivity index is 1.60. The largest absolute Gasteiger partial charge is 0.459 e. The molecule has 3 aromatic rings. The van der Waals surface area contributed by atoms with Crippen molar-refractivity contribution in [1.29, 1.82) is 0 Å². The molecule has 1 fully saturated rings. The number of nitrogens with two attached hydrogens (primary N) is 1. The Morgan fingerprint density at radius 1 is 1.21 bits per heavy atom. The van der Waals surface area contributed by atoms with Crippen molar-refractivity contribution in [2.24, 2.45) is 5.73 Å². The van der Waals surface area contributed by atoms with Gasteiger partial charge in [-0.15, -0.1) is 0 Å². The topological polar surface area (TPSA) is 84.0 Å². The van der Waals surface area contributed by atoms with Crippen LogP contribution in [0.25, 0.3) is 22.1 Å². The van der Waals surface area contributed by atoms with Crippen LogP contribution in [-0.4, -0.2) is 48.2 Å². The zero-order valence-electron chi connectivity index (χ0n) is 21.6. The molecule has 2 aromatic carbocycles. The lowest BCUT2D eigenvalue weighted by molar-refractivity contribution is -0.136. The Hall–Kier alpha value is -3.76. The van der Waals surface area contributed by atoms with Crippen LogP contribution in [0.4, 0.5) is 13.2 Å². The number of benzene rings is 2. The quantitative estimate of drug-likeness (QED) is 0.320. The summed E-state index contributed by atoms with van der Waals surface area (Å²) >= 11 is 0. The van der Waals surface area contributed by atoms with Crippen LogP contribution >= 0.6 is 0 Å². The number of rotatable bonds is 7. The predicted octanol–water partition coefficient (Wildman–Crippen LogP) is 5.29. The number of ether oxygens (including phenoxy) is 1. The molecule has 1 aliphatic heterocycles. The second-order valence-electron chi connectivity index (χ2n) is 9.79. The molecular weight excluding hydrogens is 497 g/mol. The van der Waals surface area contributed by atoms with Crippen LogP contribution < -0.4 is 11.2 Å². The highest BCUT2D eigenvalue weighted by Gasteiger charge is 2.35. The van der Waals surface area contributed by atoms with Gasteiger partial charge in [0.05, 0.1) is 24.3 Å². The molecular formula is C28H31F3N4O3. The molecule has 3 N–H and O–H groups in total. The number of morpholine rings is 1. The van der Waals surface area contributed by atoms with E-state index >= 15 is 0 Å². The van der Waals surface area contributed by atoms with Crippen LogP contribution in [0.1, 0.15) is 35.5 Å². The third-order valence-electron chi connectivity index (χ3n) is 6.32. The fourth-order valence-electron chi connectivity index (χ4n) is 4.37. The third-order valence-corrected chi connectivity index (χ3v) is 6.32. The molecule has 0 radical (unpaired) electrons. The number of carbonyl (C=O) groups excluding carboxylic acids is 1. The number of amides is 1. The Bertz CT molecular complexity index is 1360. The van der Waals surface area contributed by atoms with Crippen molar-refractivity contribution in [3.8, 4) is 11.1 Å². The van der Waals surface area contributed by atoms with E-state index in [0.717, 1.165) is 6.07 Å². The summed E-state index contributed by atoms with van der Waals surface area (Å²) in [6.45, 7) is 8.95. The third kappa shape index (κ3) is 6.03. The van der Waals surface area contributed by atoms with Gasteiger partial charge in [0.1, 0.15) is 17.2 Å². The first-order chi connectivity index (χ1) is 17.9. The van der Waals surface area contributed by atoms with Crippen molar-refractivity contribution in [1.82, 2.24) is 15.3 Å². The normalized spacial score (nSPS) is 16.1. The Morgan fingerprint density at radius 3 is 2.55 bits per heavy atom. The van der Waals surface area contributed by atoms with Gasteiger partial charge in [-0.25, -0.2) is 5.43 Å². The van der Waals surface area contributed by atoms with E-state index in [1.54, 1.807) is 54.4 Å². The molecule has 1 aliphatic rings. The van der Waals surface area contributed by atoms with Gasteiger partial charge in [0.2, 0.25) is 0 Å². The molecule has 0 unspecified atom stereocenters. The zero-order valence-corrected chi connectivity index (χ0v) is 21.6. The number of hydrogen-bond acceptors (Lipinski definition) is 6. The highest BCUT2D eigenvalue weighted by Crippen LogP contribution is 2.39. The second-order valence-corrected chi connectivity index (χ2v) is 9.79. The van der Waals surface area contributed by atoms with Gasteiger partial charge in [-0.2, -0.15) is 13.2 Å². The molecule has 1 amide bonds. The van der Waals surface area contributed by atoms with Crippen LogP contribution in [0.5, 0.6) is 0 Å². The predicted molar refractivity (Wildman–Crippen MR) is 140 cm³/mol. The molecule has 7 nitrogen and oxygen atoms in total. The molecule has 1 aromatic heterocycles. The molecule has 10 heteroatoms. The molecule has 38 heavy (non-hydrogen) atoms. The summed E-state index contributed by atoms with van der Waals surface area (Å²) in [5.41, 5.74) is 8.68. The maximum atomic E-state index is 14.0. The number of furan rings is 1. The average molecular weight is 529 g/mol. The summed E-state index contributed by atoms with van der Waals surface area (Å²) in [7, 11) is 1.67. The minimum atomic E-state index is -4.62. The Labute approximate surface area is 219 Å². The maximum Gasteiger partial charge on any atom is 0.420 e.